The van der Waals surface area contributed by atoms with Crippen LogP contribution in [0, 0.1) is 0 Å². The van der Waals surface area contributed by atoms with Crippen molar-refractivity contribution < 1.29 is 25.5 Å². The van der Waals surface area contributed by atoms with Gasteiger partial charge in [-0.3, -0.25) is 0 Å². The van der Waals surface area contributed by atoms with Gasteiger partial charge in [0.25, 0.3) is 0 Å². The highest BCUT2D eigenvalue weighted by molar-refractivity contribution is 5.10. The van der Waals surface area contributed by atoms with Crippen molar-refractivity contribution in [3.05, 3.63) is 0 Å². The molecule has 1 fully saturated rings. The minimum Gasteiger partial charge on any atom is -0.389 e. The van der Waals surface area contributed by atoms with Gasteiger partial charge >= 0.3 is 0 Å². The molecule has 84 valence electrons. The van der Waals surface area contributed by atoms with Crippen molar-refractivity contribution in [3.8, 4) is 0 Å². The molecule has 7 nitrogen and oxygen atoms in total. The van der Waals surface area contributed by atoms with E-state index in [0.717, 1.165) is 0 Å². The summed E-state index contributed by atoms with van der Waals surface area (Å²) in [4.78, 5) is 0. The molecule has 0 heterocycles. The van der Waals surface area contributed by atoms with E-state index in [1.54, 1.807) is 0 Å². The summed E-state index contributed by atoms with van der Waals surface area (Å²) in [5.41, 5.74) is 8.61. The first-order chi connectivity index (χ1) is 6.36. The first-order valence-corrected chi connectivity index (χ1v) is 4.26. The van der Waals surface area contributed by atoms with Gasteiger partial charge in [0.15, 0.2) is 0 Å². The van der Waals surface area contributed by atoms with Crippen LogP contribution in [0.15, 0.2) is 0 Å². The van der Waals surface area contributed by atoms with Gasteiger partial charge in [-0.15, -0.1) is 0 Å². The van der Waals surface area contributed by atoms with Crippen LogP contribution >= 0.6 is 0 Å². The van der Waals surface area contributed by atoms with Crippen LogP contribution in [-0.4, -0.2) is 68.1 Å². The van der Waals surface area contributed by atoms with Gasteiger partial charge in [-0.2, -0.15) is 0 Å². The number of hydrogen-bond acceptors (Lipinski definition) is 7. The zero-order valence-corrected chi connectivity index (χ0v) is 7.48. The fourth-order valence-corrected chi connectivity index (χ4v) is 1.65. The molecule has 0 aromatic rings. The molecular formula is C7H16N2O5. The fourth-order valence-electron chi connectivity index (χ4n) is 1.65. The Balaban J connectivity index is 2.98. The number of rotatable bonds is 1. The van der Waals surface area contributed by atoms with Crippen LogP contribution in [0.3, 0.4) is 0 Å². The van der Waals surface area contributed by atoms with E-state index in [0.29, 0.717) is 0 Å². The molecule has 1 aliphatic rings. The van der Waals surface area contributed by atoms with Gasteiger partial charge in [0, 0.05) is 6.54 Å². The summed E-state index contributed by atoms with van der Waals surface area (Å²) in [6, 6.07) is -1.30. The number of aliphatic hydroxyl groups is 5. The second kappa shape index (κ2) is 3.70. The van der Waals surface area contributed by atoms with E-state index < -0.39 is 42.6 Å². The highest BCUT2D eigenvalue weighted by Gasteiger charge is 2.55. The summed E-state index contributed by atoms with van der Waals surface area (Å²) in [5, 5.41) is 47.0. The molecule has 9 N–H and O–H groups in total. The standard InChI is InChI=1S/C7H16N2O5/c8-1-7(14)5(9)3(11)2(10)4(12)6(7)13/h2-6,10-14H,1,8-9H2/t2-,3+,4+,5+,6-,7+/m1/s1. The van der Waals surface area contributed by atoms with Crippen LogP contribution in [0.1, 0.15) is 0 Å². The van der Waals surface area contributed by atoms with Crippen molar-refractivity contribution in [2.24, 2.45) is 11.5 Å². The zero-order valence-electron chi connectivity index (χ0n) is 7.48. The molecule has 0 aliphatic heterocycles. The van der Waals surface area contributed by atoms with E-state index in [4.69, 9.17) is 11.5 Å². The number of aliphatic hydroxyl groups excluding tert-OH is 4. The number of hydrogen-bond donors (Lipinski definition) is 7. The molecule has 1 saturated carbocycles. The predicted molar refractivity (Wildman–Crippen MR) is 46.0 cm³/mol. The highest BCUT2D eigenvalue weighted by Crippen LogP contribution is 2.28. The Kier molecular flexibility index (Phi) is 3.12. The molecule has 0 amide bonds. The van der Waals surface area contributed by atoms with Gasteiger partial charge < -0.3 is 37.0 Å². The Labute approximate surface area is 80.6 Å². The first kappa shape index (κ1) is 11.8. The number of nitrogens with two attached hydrogens (primary N) is 2. The lowest BCUT2D eigenvalue weighted by molar-refractivity contribution is -0.224. The minimum atomic E-state index is -1.99. The van der Waals surface area contributed by atoms with Crippen molar-refractivity contribution in [2.75, 3.05) is 6.54 Å². The lowest BCUT2D eigenvalue weighted by Gasteiger charge is -2.47. The summed E-state index contributed by atoms with van der Waals surface area (Å²) >= 11 is 0. The second-order valence-electron chi connectivity index (χ2n) is 3.64. The largest absolute Gasteiger partial charge is 0.389 e. The van der Waals surface area contributed by atoms with Gasteiger partial charge in [-0.1, -0.05) is 0 Å². The maximum Gasteiger partial charge on any atom is 0.123 e. The van der Waals surface area contributed by atoms with E-state index in [2.05, 4.69) is 0 Å². The Hall–Kier alpha value is -0.280. The third-order valence-corrected chi connectivity index (χ3v) is 2.81. The van der Waals surface area contributed by atoms with Gasteiger partial charge in [-0.05, 0) is 0 Å². The molecule has 7 heteroatoms. The SMILES string of the molecule is NC[C@@]1(O)[C@H](O)[C@@H](O)[C@H](O)[C@H](O)[C@@H]1N. The Morgan fingerprint density at radius 2 is 1.50 bits per heavy atom. The molecule has 0 radical (unpaired) electrons. The van der Waals surface area contributed by atoms with Crippen LogP contribution in [0.2, 0.25) is 0 Å². The Bertz CT molecular complexity index is 198. The molecule has 0 bridgehead atoms. The Morgan fingerprint density at radius 3 is 1.93 bits per heavy atom. The quantitative estimate of drug-likeness (QED) is 0.229. The third-order valence-electron chi connectivity index (χ3n) is 2.81. The molecule has 0 saturated heterocycles. The van der Waals surface area contributed by atoms with Crippen molar-refractivity contribution in [1.82, 2.24) is 0 Å². The molecule has 0 unspecified atom stereocenters. The van der Waals surface area contributed by atoms with E-state index >= 15 is 0 Å². The summed E-state index contributed by atoms with van der Waals surface area (Å²) in [6.07, 6.45) is -6.46. The topological polar surface area (TPSA) is 153 Å². The van der Waals surface area contributed by atoms with Crippen LogP contribution in [-0.2, 0) is 0 Å². The lowest BCUT2D eigenvalue weighted by Crippen LogP contribution is -2.75. The van der Waals surface area contributed by atoms with Crippen LogP contribution in [0.4, 0.5) is 0 Å². The second-order valence-corrected chi connectivity index (χ2v) is 3.64. The van der Waals surface area contributed by atoms with E-state index in [-0.39, 0.29) is 0 Å². The van der Waals surface area contributed by atoms with Gasteiger partial charge in [0.2, 0.25) is 0 Å². The van der Waals surface area contributed by atoms with Crippen molar-refractivity contribution in [1.29, 1.82) is 0 Å². The average Bonchev–Trinajstić information content (AvgIpc) is 2.21. The minimum absolute atomic E-state index is 0.420. The molecule has 0 aromatic carbocycles. The van der Waals surface area contributed by atoms with Gasteiger partial charge in [-0.25, -0.2) is 0 Å². The molecule has 1 aliphatic carbocycles. The summed E-state index contributed by atoms with van der Waals surface area (Å²) in [7, 11) is 0. The summed E-state index contributed by atoms with van der Waals surface area (Å²) < 4.78 is 0. The third kappa shape index (κ3) is 1.43. The summed E-state index contributed by atoms with van der Waals surface area (Å²) in [5.74, 6) is 0. The Morgan fingerprint density at radius 1 is 1.00 bits per heavy atom. The van der Waals surface area contributed by atoms with Gasteiger partial charge in [0.05, 0.1) is 6.04 Å². The van der Waals surface area contributed by atoms with Crippen LogP contribution < -0.4 is 11.5 Å². The van der Waals surface area contributed by atoms with Crippen molar-refractivity contribution in [3.63, 3.8) is 0 Å². The molecule has 0 spiro atoms. The molecule has 0 aromatic heterocycles. The van der Waals surface area contributed by atoms with E-state index in [1.165, 1.54) is 0 Å². The average molecular weight is 208 g/mol. The van der Waals surface area contributed by atoms with Crippen molar-refractivity contribution in [2.45, 2.75) is 36.1 Å². The zero-order chi connectivity index (χ0) is 11.1. The normalized spacial score (nSPS) is 54.6. The van der Waals surface area contributed by atoms with Gasteiger partial charge in [0.1, 0.15) is 30.0 Å². The molecule has 6 atom stereocenters. The first-order valence-electron chi connectivity index (χ1n) is 4.26. The smallest absolute Gasteiger partial charge is 0.123 e. The lowest BCUT2D eigenvalue weighted by atomic mass is 9.73. The fraction of sp³-hybridized carbons (Fsp3) is 1.00. The van der Waals surface area contributed by atoms with E-state index in [9.17, 15) is 25.5 Å². The monoisotopic (exact) mass is 208 g/mol. The van der Waals surface area contributed by atoms with Crippen molar-refractivity contribution >= 4 is 0 Å². The maximum absolute atomic E-state index is 9.74. The highest BCUT2D eigenvalue weighted by atomic mass is 16.4. The van der Waals surface area contributed by atoms with E-state index in [1.807, 2.05) is 0 Å². The predicted octanol–water partition coefficient (Wildman–Crippen LogP) is -4.54. The van der Waals surface area contributed by atoms with Crippen LogP contribution in [0.5, 0.6) is 0 Å². The maximum atomic E-state index is 9.74. The molecule has 1 rings (SSSR count). The molecule has 14 heavy (non-hydrogen) atoms. The molecular weight excluding hydrogens is 192 g/mol. The van der Waals surface area contributed by atoms with Crippen LogP contribution in [0.25, 0.3) is 0 Å². The summed E-state index contributed by atoms with van der Waals surface area (Å²) in [6.45, 7) is -0.420.